The van der Waals surface area contributed by atoms with Gasteiger partial charge in [-0.3, -0.25) is 4.90 Å². The predicted octanol–water partition coefficient (Wildman–Crippen LogP) is 3.35. The van der Waals surface area contributed by atoms with Gasteiger partial charge in [-0.1, -0.05) is 24.3 Å². The maximum absolute atomic E-state index is 12.1. The van der Waals surface area contributed by atoms with Gasteiger partial charge in [0.2, 0.25) is 0 Å². The lowest BCUT2D eigenvalue weighted by molar-refractivity contribution is 0.0507. The molecule has 7 heteroatoms. The summed E-state index contributed by atoms with van der Waals surface area (Å²) in [6.45, 7) is 14.3. The van der Waals surface area contributed by atoms with Crippen molar-refractivity contribution < 1.29 is 9.53 Å². The molecular formula is C24H39N5O2. The lowest BCUT2D eigenvalue weighted by atomic mass is 10.1. The van der Waals surface area contributed by atoms with Crippen molar-refractivity contribution >= 4 is 12.1 Å². The summed E-state index contributed by atoms with van der Waals surface area (Å²) < 4.78 is 5.38. The number of aliphatic imine (C=N–C) groups is 1. The monoisotopic (exact) mass is 429 g/mol. The molecule has 1 amide bonds. The molecule has 2 heterocycles. The maximum Gasteiger partial charge on any atom is 0.407 e. The lowest BCUT2D eigenvalue weighted by Gasteiger charge is -2.23. The molecule has 0 spiro atoms. The van der Waals surface area contributed by atoms with E-state index >= 15 is 0 Å². The molecule has 1 atom stereocenters. The number of likely N-dealkylation sites (tertiary alicyclic amines) is 2. The first kappa shape index (κ1) is 23.4. The van der Waals surface area contributed by atoms with Crippen LogP contribution in [0.1, 0.15) is 58.1 Å². The van der Waals surface area contributed by atoms with Crippen LogP contribution < -0.4 is 10.6 Å². The molecule has 1 aromatic rings. The molecule has 0 radical (unpaired) electrons. The molecule has 7 nitrogen and oxygen atoms in total. The largest absolute Gasteiger partial charge is 0.444 e. The van der Waals surface area contributed by atoms with Crippen LogP contribution in [0.15, 0.2) is 29.3 Å². The highest BCUT2D eigenvalue weighted by Gasteiger charge is 2.27. The number of carbonyl (C=O) groups is 1. The topological polar surface area (TPSA) is 69.2 Å². The number of hydrogen-bond acceptors (Lipinski definition) is 4. The molecule has 1 unspecified atom stereocenters. The molecule has 0 bridgehead atoms. The number of alkyl carbamates (subject to hydrolysis) is 1. The molecule has 2 aliphatic rings. The Bertz CT molecular complexity index is 735. The Kier molecular flexibility index (Phi) is 8.18. The van der Waals surface area contributed by atoms with Crippen molar-refractivity contribution in [2.75, 3.05) is 32.7 Å². The van der Waals surface area contributed by atoms with Gasteiger partial charge in [0, 0.05) is 26.2 Å². The minimum Gasteiger partial charge on any atom is -0.444 e. The van der Waals surface area contributed by atoms with Gasteiger partial charge in [-0.05, 0) is 71.2 Å². The number of nitrogens with one attached hydrogen (secondary N) is 2. The first-order chi connectivity index (χ1) is 14.8. The SMILES string of the molecule is CCNC(=NCc1ccc(CN2CCCC2)cc1)N1CCC(NC(=O)OC(C)(C)C)C1. The number of amides is 1. The molecule has 0 aromatic heterocycles. The van der Waals surface area contributed by atoms with Gasteiger partial charge in [-0.2, -0.15) is 0 Å². The maximum atomic E-state index is 12.1. The third-order valence-corrected chi connectivity index (χ3v) is 5.58. The number of ether oxygens (including phenoxy) is 1. The van der Waals surface area contributed by atoms with Gasteiger partial charge in [-0.15, -0.1) is 0 Å². The number of nitrogens with zero attached hydrogens (tertiary/aromatic N) is 3. The van der Waals surface area contributed by atoms with Gasteiger partial charge in [0.1, 0.15) is 5.60 Å². The van der Waals surface area contributed by atoms with Crippen molar-refractivity contribution in [3.63, 3.8) is 0 Å². The molecule has 2 fully saturated rings. The fourth-order valence-corrected chi connectivity index (χ4v) is 4.09. The van der Waals surface area contributed by atoms with E-state index in [0.717, 1.165) is 38.6 Å². The molecule has 31 heavy (non-hydrogen) atoms. The molecule has 2 saturated heterocycles. The van der Waals surface area contributed by atoms with Gasteiger partial charge in [0.25, 0.3) is 0 Å². The zero-order valence-electron chi connectivity index (χ0n) is 19.6. The Morgan fingerprint density at radius 2 is 1.81 bits per heavy atom. The van der Waals surface area contributed by atoms with Crippen molar-refractivity contribution in [3.8, 4) is 0 Å². The summed E-state index contributed by atoms with van der Waals surface area (Å²) >= 11 is 0. The normalized spacial score (nSPS) is 20.2. The van der Waals surface area contributed by atoms with E-state index in [2.05, 4.69) is 51.6 Å². The standard InChI is InChI=1S/C24H39N5O2/c1-5-25-22(29-15-12-21(18-29)27-23(30)31-24(2,3)4)26-16-19-8-10-20(11-9-19)17-28-13-6-7-14-28/h8-11,21H,5-7,12-18H2,1-4H3,(H,25,26)(H,27,30). The second-order valence-corrected chi connectivity index (χ2v) is 9.55. The minimum absolute atomic E-state index is 0.0728. The Labute approximate surface area is 187 Å². The van der Waals surface area contributed by atoms with E-state index in [-0.39, 0.29) is 12.1 Å². The van der Waals surface area contributed by atoms with E-state index in [1.54, 1.807) is 0 Å². The molecule has 1 aromatic carbocycles. The average Bonchev–Trinajstić information content (AvgIpc) is 3.37. The smallest absolute Gasteiger partial charge is 0.407 e. The molecule has 2 aliphatic heterocycles. The highest BCUT2D eigenvalue weighted by atomic mass is 16.6. The Hall–Kier alpha value is -2.28. The van der Waals surface area contributed by atoms with Crippen molar-refractivity contribution in [1.82, 2.24) is 20.4 Å². The van der Waals surface area contributed by atoms with E-state index in [0.29, 0.717) is 6.54 Å². The van der Waals surface area contributed by atoms with Crippen LogP contribution in [0.5, 0.6) is 0 Å². The second kappa shape index (κ2) is 10.8. The lowest BCUT2D eigenvalue weighted by Crippen LogP contribution is -2.44. The fourth-order valence-electron chi connectivity index (χ4n) is 4.09. The van der Waals surface area contributed by atoms with Crippen molar-refractivity contribution in [2.24, 2.45) is 4.99 Å². The van der Waals surface area contributed by atoms with E-state index in [9.17, 15) is 4.79 Å². The first-order valence-corrected chi connectivity index (χ1v) is 11.7. The minimum atomic E-state index is -0.483. The number of hydrogen-bond donors (Lipinski definition) is 2. The Balaban J connectivity index is 1.52. The third-order valence-electron chi connectivity index (χ3n) is 5.58. The average molecular weight is 430 g/mol. The molecule has 0 aliphatic carbocycles. The van der Waals surface area contributed by atoms with Crippen LogP contribution in [0.3, 0.4) is 0 Å². The van der Waals surface area contributed by atoms with Gasteiger partial charge >= 0.3 is 6.09 Å². The zero-order chi connectivity index (χ0) is 22.3. The van der Waals surface area contributed by atoms with Crippen LogP contribution in [-0.4, -0.2) is 66.2 Å². The Morgan fingerprint density at radius 3 is 2.45 bits per heavy atom. The fraction of sp³-hybridized carbons (Fsp3) is 0.667. The quantitative estimate of drug-likeness (QED) is 0.536. The van der Waals surface area contributed by atoms with E-state index in [4.69, 9.17) is 9.73 Å². The summed E-state index contributed by atoms with van der Waals surface area (Å²) in [6.07, 6.45) is 3.18. The number of rotatable bonds is 6. The van der Waals surface area contributed by atoms with Crippen LogP contribution >= 0.6 is 0 Å². The zero-order valence-corrected chi connectivity index (χ0v) is 19.6. The van der Waals surface area contributed by atoms with Crippen molar-refractivity contribution in [3.05, 3.63) is 35.4 Å². The number of carbonyl (C=O) groups excluding carboxylic acids is 1. The summed E-state index contributed by atoms with van der Waals surface area (Å²) in [7, 11) is 0. The summed E-state index contributed by atoms with van der Waals surface area (Å²) in [5.74, 6) is 0.900. The summed E-state index contributed by atoms with van der Waals surface area (Å²) in [4.78, 5) is 21.6. The second-order valence-electron chi connectivity index (χ2n) is 9.55. The number of guanidine groups is 1. The van der Waals surface area contributed by atoms with Gasteiger partial charge in [0.15, 0.2) is 5.96 Å². The highest BCUT2D eigenvalue weighted by Crippen LogP contribution is 2.15. The molecule has 2 N–H and O–H groups in total. The molecule has 172 valence electrons. The van der Waals surface area contributed by atoms with E-state index in [1.165, 1.54) is 37.1 Å². The van der Waals surface area contributed by atoms with Crippen LogP contribution in [0.4, 0.5) is 4.79 Å². The predicted molar refractivity (Wildman–Crippen MR) is 125 cm³/mol. The summed E-state index contributed by atoms with van der Waals surface area (Å²) in [5, 5.41) is 6.37. The van der Waals surface area contributed by atoms with Gasteiger partial charge < -0.3 is 20.3 Å². The van der Waals surface area contributed by atoms with Crippen molar-refractivity contribution in [2.45, 2.75) is 71.7 Å². The molecular weight excluding hydrogens is 390 g/mol. The van der Waals surface area contributed by atoms with Gasteiger partial charge in [-0.25, -0.2) is 9.79 Å². The summed E-state index contributed by atoms with van der Waals surface area (Å²) in [5.41, 5.74) is 2.10. The van der Waals surface area contributed by atoms with E-state index in [1.807, 2.05) is 20.8 Å². The third kappa shape index (κ3) is 7.73. The highest BCUT2D eigenvalue weighted by molar-refractivity contribution is 5.80. The van der Waals surface area contributed by atoms with Gasteiger partial charge in [0.05, 0.1) is 12.6 Å². The molecule has 3 rings (SSSR count). The van der Waals surface area contributed by atoms with Crippen LogP contribution in [0, 0.1) is 0 Å². The number of benzene rings is 1. The Morgan fingerprint density at radius 1 is 1.13 bits per heavy atom. The van der Waals surface area contributed by atoms with Crippen LogP contribution in [0.25, 0.3) is 0 Å². The van der Waals surface area contributed by atoms with Crippen LogP contribution in [-0.2, 0) is 17.8 Å². The first-order valence-electron chi connectivity index (χ1n) is 11.7. The van der Waals surface area contributed by atoms with Crippen molar-refractivity contribution in [1.29, 1.82) is 0 Å². The van der Waals surface area contributed by atoms with Crippen LogP contribution in [0.2, 0.25) is 0 Å². The molecule has 0 saturated carbocycles. The van der Waals surface area contributed by atoms with E-state index < -0.39 is 5.60 Å². The summed E-state index contributed by atoms with van der Waals surface area (Å²) in [6, 6.07) is 8.91.